The molecule has 0 aliphatic heterocycles. The highest BCUT2D eigenvalue weighted by Gasteiger charge is 2.12. The number of carbonyl (C=O) groups excluding carboxylic acids is 2. The van der Waals surface area contributed by atoms with Crippen LogP contribution in [0.4, 0.5) is 0 Å². The summed E-state index contributed by atoms with van der Waals surface area (Å²) >= 11 is 0. The van der Waals surface area contributed by atoms with Crippen LogP contribution in [-0.2, 0) is 9.47 Å². The Labute approximate surface area is 134 Å². The van der Waals surface area contributed by atoms with E-state index >= 15 is 0 Å². The molecule has 0 heterocycles. The minimum absolute atomic E-state index is 0.0534. The summed E-state index contributed by atoms with van der Waals surface area (Å²) in [6.07, 6.45) is -0.688. The average Bonchev–Trinajstić information content (AvgIpc) is 2.61. The van der Waals surface area contributed by atoms with Crippen LogP contribution in [0.25, 0.3) is 0 Å². The van der Waals surface area contributed by atoms with Crippen molar-refractivity contribution in [2.75, 3.05) is 13.2 Å². The number of carbonyl (C=O) groups is 2. The zero-order valence-corrected chi connectivity index (χ0v) is 12.6. The summed E-state index contributed by atoms with van der Waals surface area (Å²) < 4.78 is 10.1. The molecular formula is C18H18O5. The highest BCUT2D eigenvalue weighted by atomic mass is 16.5. The first-order chi connectivity index (χ1) is 11.2. The normalized spacial score (nSPS) is 11.5. The molecule has 0 saturated heterocycles. The van der Waals surface area contributed by atoms with E-state index in [1.807, 2.05) is 6.07 Å². The van der Waals surface area contributed by atoms with Crippen molar-refractivity contribution in [2.45, 2.75) is 12.5 Å². The molecule has 5 heteroatoms. The number of aliphatic hydroxyl groups excluding tert-OH is 1. The molecule has 0 aliphatic carbocycles. The fourth-order valence-electron chi connectivity index (χ4n) is 1.86. The van der Waals surface area contributed by atoms with Gasteiger partial charge in [0, 0.05) is 6.42 Å². The van der Waals surface area contributed by atoms with Crippen LogP contribution in [0.1, 0.15) is 27.1 Å². The third kappa shape index (κ3) is 5.56. The lowest BCUT2D eigenvalue weighted by molar-refractivity contribution is 0.0135. The van der Waals surface area contributed by atoms with Crippen molar-refractivity contribution in [1.82, 2.24) is 0 Å². The Bertz CT molecular complexity index is 624. The van der Waals surface area contributed by atoms with Crippen LogP contribution in [0.2, 0.25) is 0 Å². The average molecular weight is 314 g/mol. The molecule has 0 spiro atoms. The lowest BCUT2D eigenvalue weighted by Gasteiger charge is -2.11. The molecule has 0 amide bonds. The Hall–Kier alpha value is -2.66. The van der Waals surface area contributed by atoms with E-state index in [1.54, 1.807) is 54.6 Å². The molecule has 120 valence electrons. The second-order valence-electron chi connectivity index (χ2n) is 4.91. The highest BCUT2D eigenvalue weighted by molar-refractivity contribution is 5.89. The molecule has 1 atom stereocenters. The van der Waals surface area contributed by atoms with Crippen LogP contribution in [0.5, 0.6) is 0 Å². The fraction of sp³-hybridized carbons (Fsp3) is 0.222. The summed E-state index contributed by atoms with van der Waals surface area (Å²) in [6, 6.07) is 17.1. The van der Waals surface area contributed by atoms with Crippen molar-refractivity contribution < 1.29 is 24.2 Å². The first-order valence-electron chi connectivity index (χ1n) is 7.29. The van der Waals surface area contributed by atoms with Crippen LogP contribution in [0.15, 0.2) is 60.7 Å². The van der Waals surface area contributed by atoms with Crippen molar-refractivity contribution in [2.24, 2.45) is 0 Å². The van der Waals surface area contributed by atoms with Crippen LogP contribution < -0.4 is 0 Å². The molecule has 2 aromatic carbocycles. The van der Waals surface area contributed by atoms with E-state index < -0.39 is 18.0 Å². The number of aliphatic hydroxyl groups is 1. The summed E-state index contributed by atoms with van der Waals surface area (Å²) in [5.41, 5.74) is 0.882. The Morgan fingerprint density at radius 3 is 1.83 bits per heavy atom. The smallest absolute Gasteiger partial charge is 0.338 e. The van der Waals surface area contributed by atoms with Gasteiger partial charge in [-0.05, 0) is 24.3 Å². The van der Waals surface area contributed by atoms with Gasteiger partial charge in [0.25, 0.3) is 0 Å². The summed E-state index contributed by atoms with van der Waals surface area (Å²) in [4.78, 5) is 23.4. The van der Waals surface area contributed by atoms with Gasteiger partial charge in [0.15, 0.2) is 0 Å². The molecule has 0 saturated carbocycles. The van der Waals surface area contributed by atoms with Crippen molar-refractivity contribution in [3.8, 4) is 0 Å². The molecule has 23 heavy (non-hydrogen) atoms. The van der Waals surface area contributed by atoms with E-state index in [0.29, 0.717) is 11.1 Å². The van der Waals surface area contributed by atoms with Gasteiger partial charge in [0.1, 0.15) is 6.61 Å². The number of hydrogen-bond donors (Lipinski definition) is 1. The Morgan fingerprint density at radius 1 is 0.826 bits per heavy atom. The molecule has 2 aromatic rings. The lowest BCUT2D eigenvalue weighted by atomic mass is 10.2. The summed E-state index contributed by atoms with van der Waals surface area (Å²) in [5.74, 6) is -0.940. The lowest BCUT2D eigenvalue weighted by Crippen LogP contribution is -2.21. The molecular weight excluding hydrogens is 296 g/mol. The van der Waals surface area contributed by atoms with Gasteiger partial charge in [0.05, 0.1) is 23.8 Å². The number of ether oxygens (including phenoxy) is 2. The maximum Gasteiger partial charge on any atom is 0.338 e. The molecule has 0 fully saturated rings. The van der Waals surface area contributed by atoms with Crippen LogP contribution in [0.3, 0.4) is 0 Å². The molecule has 0 aromatic heterocycles. The zero-order valence-electron chi connectivity index (χ0n) is 12.6. The summed E-state index contributed by atoms with van der Waals surface area (Å²) in [6.45, 7) is -0.0889. The minimum atomic E-state index is -0.883. The second kappa shape index (κ2) is 8.70. The van der Waals surface area contributed by atoms with Gasteiger partial charge in [0.2, 0.25) is 0 Å². The van der Waals surface area contributed by atoms with Crippen molar-refractivity contribution in [3.05, 3.63) is 71.8 Å². The van der Waals surface area contributed by atoms with Crippen molar-refractivity contribution in [3.63, 3.8) is 0 Å². The predicted octanol–water partition coefficient (Wildman–Crippen LogP) is 2.45. The third-order valence-corrected chi connectivity index (χ3v) is 3.11. The van der Waals surface area contributed by atoms with E-state index in [2.05, 4.69) is 0 Å². The van der Waals surface area contributed by atoms with E-state index in [0.717, 1.165) is 0 Å². The fourth-order valence-corrected chi connectivity index (χ4v) is 1.86. The first kappa shape index (κ1) is 16.7. The Morgan fingerprint density at radius 2 is 1.30 bits per heavy atom. The highest BCUT2D eigenvalue weighted by Crippen LogP contribution is 2.04. The van der Waals surface area contributed by atoms with Crippen LogP contribution in [0, 0.1) is 0 Å². The molecule has 0 radical (unpaired) electrons. The van der Waals surface area contributed by atoms with Gasteiger partial charge < -0.3 is 14.6 Å². The molecule has 5 nitrogen and oxygen atoms in total. The third-order valence-electron chi connectivity index (χ3n) is 3.11. The monoisotopic (exact) mass is 314 g/mol. The van der Waals surface area contributed by atoms with Gasteiger partial charge in [-0.3, -0.25) is 0 Å². The molecule has 2 rings (SSSR count). The van der Waals surface area contributed by atoms with Gasteiger partial charge in [-0.2, -0.15) is 0 Å². The topological polar surface area (TPSA) is 72.8 Å². The predicted molar refractivity (Wildman–Crippen MR) is 84.1 cm³/mol. The van der Waals surface area contributed by atoms with Crippen molar-refractivity contribution in [1.29, 1.82) is 0 Å². The number of rotatable bonds is 7. The maximum atomic E-state index is 11.7. The molecule has 1 N–H and O–H groups in total. The quantitative estimate of drug-likeness (QED) is 0.795. The van der Waals surface area contributed by atoms with Crippen molar-refractivity contribution >= 4 is 11.9 Å². The van der Waals surface area contributed by atoms with Crippen LogP contribution >= 0.6 is 0 Å². The van der Waals surface area contributed by atoms with E-state index in [4.69, 9.17) is 9.47 Å². The molecule has 0 aliphatic rings. The summed E-state index contributed by atoms with van der Waals surface area (Å²) in [5, 5.41) is 9.76. The van der Waals surface area contributed by atoms with Gasteiger partial charge in [-0.1, -0.05) is 36.4 Å². The SMILES string of the molecule is O=C(OCC[C@@H](O)COC(=O)c1ccccc1)c1ccccc1. The number of benzene rings is 2. The number of hydrogen-bond acceptors (Lipinski definition) is 5. The molecule has 0 bridgehead atoms. The van der Waals surface area contributed by atoms with Gasteiger partial charge >= 0.3 is 11.9 Å². The first-order valence-corrected chi connectivity index (χ1v) is 7.29. The largest absolute Gasteiger partial charge is 0.462 e. The summed E-state index contributed by atoms with van der Waals surface area (Å²) in [7, 11) is 0. The Balaban J connectivity index is 1.66. The van der Waals surface area contributed by atoms with E-state index in [-0.39, 0.29) is 19.6 Å². The van der Waals surface area contributed by atoms with E-state index in [1.165, 1.54) is 0 Å². The number of esters is 2. The van der Waals surface area contributed by atoms with Crippen LogP contribution in [-0.4, -0.2) is 36.4 Å². The molecule has 0 unspecified atom stereocenters. The van der Waals surface area contributed by atoms with E-state index in [9.17, 15) is 14.7 Å². The van der Waals surface area contributed by atoms with Gasteiger partial charge in [-0.15, -0.1) is 0 Å². The van der Waals surface area contributed by atoms with Gasteiger partial charge in [-0.25, -0.2) is 9.59 Å². The zero-order chi connectivity index (χ0) is 16.5. The maximum absolute atomic E-state index is 11.7. The standard InChI is InChI=1S/C18H18O5/c19-16(13-23-18(21)15-9-5-2-6-10-15)11-12-22-17(20)14-7-3-1-4-8-14/h1-10,16,19H,11-13H2/t16-/m1/s1. The minimum Gasteiger partial charge on any atom is -0.462 e. The Kier molecular flexibility index (Phi) is 6.32. The second-order valence-corrected chi connectivity index (χ2v) is 4.91.